The minimum atomic E-state index is -0.348. The van der Waals surface area contributed by atoms with Gasteiger partial charge < -0.3 is 10.6 Å². The van der Waals surface area contributed by atoms with E-state index in [0.717, 1.165) is 10.6 Å². The van der Waals surface area contributed by atoms with E-state index in [1.54, 1.807) is 0 Å². The molecule has 96 valence electrons. The summed E-state index contributed by atoms with van der Waals surface area (Å²) in [6.07, 6.45) is 0.211. The van der Waals surface area contributed by atoms with Crippen LogP contribution in [0.15, 0.2) is 29.2 Å². The summed E-state index contributed by atoms with van der Waals surface area (Å²) >= 11 is 1.45. The third kappa shape index (κ3) is 3.04. The van der Waals surface area contributed by atoms with E-state index in [4.69, 9.17) is 0 Å². The van der Waals surface area contributed by atoms with Crippen LogP contribution in [0.5, 0.6) is 0 Å². The first kappa shape index (κ1) is 13.0. The third-order valence-electron chi connectivity index (χ3n) is 2.53. The van der Waals surface area contributed by atoms with Crippen molar-refractivity contribution in [2.24, 2.45) is 0 Å². The number of hydrogen-bond acceptors (Lipinski definition) is 3. The predicted molar refractivity (Wildman–Crippen MR) is 72.6 cm³/mol. The predicted octanol–water partition coefficient (Wildman–Crippen LogP) is 2.01. The highest BCUT2D eigenvalue weighted by Gasteiger charge is 2.28. The van der Waals surface area contributed by atoms with Crippen LogP contribution in [-0.4, -0.2) is 23.1 Å². The van der Waals surface area contributed by atoms with Gasteiger partial charge in [0.15, 0.2) is 0 Å². The van der Waals surface area contributed by atoms with Crippen LogP contribution in [0, 0.1) is 0 Å². The first-order chi connectivity index (χ1) is 8.56. The molecule has 0 bridgehead atoms. The van der Waals surface area contributed by atoms with Crippen molar-refractivity contribution in [3.8, 4) is 0 Å². The summed E-state index contributed by atoms with van der Waals surface area (Å²) < 4.78 is 0. The van der Waals surface area contributed by atoms with Gasteiger partial charge in [0.05, 0.1) is 10.9 Å². The molecule has 0 unspecified atom stereocenters. The topological polar surface area (TPSA) is 58.2 Å². The summed E-state index contributed by atoms with van der Waals surface area (Å²) in [6, 6.07) is 7.72. The Labute approximate surface area is 111 Å². The summed E-state index contributed by atoms with van der Waals surface area (Å²) in [5.41, 5.74) is 0.827. The average Bonchev–Trinajstić information content (AvgIpc) is 2.29. The van der Waals surface area contributed by atoms with Gasteiger partial charge in [-0.3, -0.25) is 9.59 Å². The summed E-state index contributed by atoms with van der Waals surface area (Å²) in [5, 5.41) is 5.28. The smallest absolute Gasteiger partial charge is 0.238 e. The van der Waals surface area contributed by atoms with E-state index in [9.17, 15) is 9.59 Å². The second kappa shape index (κ2) is 5.44. The van der Waals surface area contributed by atoms with Gasteiger partial charge in [-0.2, -0.15) is 0 Å². The second-order valence-corrected chi connectivity index (χ2v) is 5.76. The fourth-order valence-electron chi connectivity index (χ4n) is 1.78. The molecule has 1 aliphatic heterocycles. The molecule has 18 heavy (non-hydrogen) atoms. The molecule has 5 heteroatoms. The molecule has 0 saturated heterocycles. The van der Waals surface area contributed by atoms with Crippen LogP contribution >= 0.6 is 11.8 Å². The highest BCUT2D eigenvalue weighted by molar-refractivity contribution is 8.01. The minimum Gasteiger partial charge on any atom is -0.354 e. The van der Waals surface area contributed by atoms with Crippen LogP contribution < -0.4 is 10.6 Å². The van der Waals surface area contributed by atoms with Crippen molar-refractivity contribution >= 4 is 29.3 Å². The molecule has 4 nitrogen and oxygen atoms in total. The second-order valence-electron chi connectivity index (χ2n) is 4.52. The maximum absolute atomic E-state index is 11.9. The standard InChI is InChI=1S/C13H16N2O2S/c1-8(2)14-12(16)7-11-13(17)15-9-5-3-4-6-10(9)18-11/h3-6,8,11H,7H2,1-2H3,(H,14,16)(H,15,17)/t11-/m1/s1. The van der Waals surface area contributed by atoms with Crippen molar-refractivity contribution in [1.82, 2.24) is 5.32 Å². The van der Waals surface area contributed by atoms with Gasteiger partial charge in [-0.25, -0.2) is 0 Å². The van der Waals surface area contributed by atoms with E-state index in [2.05, 4.69) is 10.6 Å². The molecular weight excluding hydrogens is 248 g/mol. The molecule has 0 aliphatic carbocycles. The Morgan fingerprint density at radius 3 is 2.89 bits per heavy atom. The minimum absolute atomic E-state index is 0.0861. The summed E-state index contributed by atoms with van der Waals surface area (Å²) in [6.45, 7) is 3.81. The summed E-state index contributed by atoms with van der Waals surface area (Å²) in [7, 11) is 0. The largest absolute Gasteiger partial charge is 0.354 e. The lowest BCUT2D eigenvalue weighted by Gasteiger charge is -2.23. The zero-order valence-corrected chi connectivity index (χ0v) is 11.2. The molecule has 0 aromatic heterocycles. The number of amides is 2. The summed E-state index contributed by atoms with van der Waals surface area (Å²) in [4.78, 5) is 24.6. The molecule has 0 spiro atoms. The molecule has 1 aliphatic rings. The van der Waals surface area contributed by atoms with Gasteiger partial charge in [0.2, 0.25) is 11.8 Å². The number of thioether (sulfide) groups is 1. The van der Waals surface area contributed by atoms with Gasteiger partial charge in [0, 0.05) is 17.4 Å². The van der Waals surface area contributed by atoms with Crippen LogP contribution in [0.4, 0.5) is 5.69 Å². The first-order valence-electron chi connectivity index (χ1n) is 5.92. The zero-order chi connectivity index (χ0) is 13.1. The van der Waals surface area contributed by atoms with Gasteiger partial charge in [-0.1, -0.05) is 12.1 Å². The van der Waals surface area contributed by atoms with Gasteiger partial charge in [-0.05, 0) is 26.0 Å². The van der Waals surface area contributed by atoms with Crippen molar-refractivity contribution in [3.05, 3.63) is 24.3 Å². The first-order valence-corrected chi connectivity index (χ1v) is 6.80. The van der Waals surface area contributed by atoms with Crippen molar-refractivity contribution < 1.29 is 9.59 Å². The Kier molecular flexibility index (Phi) is 3.91. The Morgan fingerprint density at radius 2 is 2.17 bits per heavy atom. The number of hydrogen-bond donors (Lipinski definition) is 2. The van der Waals surface area contributed by atoms with E-state index in [0.29, 0.717) is 0 Å². The number of rotatable bonds is 3. The third-order valence-corrected chi connectivity index (χ3v) is 3.80. The quantitative estimate of drug-likeness (QED) is 0.878. The zero-order valence-electron chi connectivity index (χ0n) is 10.4. The van der Waals surface area contributed by atoms with Crippen molar-refractivity contribution in [3.63, 3.8) is 0 Å². The number of nitrogens with one attached hydrogen (secondary N) is 2. The highest BCUT2D eigenvalue weighted by Crippen LogP contribution is 2.36. The molecule has 1 aromatic carbocycles. The van der Waals surface area contributed by atoms with E-state index in [1.165, 1.54) is 11.8 Å². The molecule has 1 aromatic rings. The van der Waals surface area contributed by atoms with Crippen molar-refractivity contribution in [2.75, 3.05) is 5.32 Å². The Morgan fingerprint density at radius 1 is 1.44 bits per heavy atom. The maximum Gasteiger partial charge on any atom is 0.238 e. The van der Waals surface area contributed by atoms with E-state index < -0.39 is 0 Å². The van der Waals surface area contributed by atoms with Gasteiger partial charge in [0.1, 0.15) is 0 Å². The number of anilines is 1. The van der Waals surface area contributed by atoms with Gasteiger partial charge >= 0.3 is 0 Å². The van der Waals surface area contributed by atoms with Gasteiger partial charge in [0.25, 0.3) is 0 Å². The lowest BCUT2D eigenvalue weighted by Crippen LogP contribution is -2.37. The number of para-hydroxylation sites is 1. The lowest BCUT2D eigenvalue weighted by molar-refractivity contribution is -0.124. The van der Waals surface area contributed by atoms with Crippen molar-refractivity contribution in [1.29, 1.82) is 0 Å². The lowest BCUT2D eigenvalue weighted by atomic mass is 10.2. The SMILES string of the molecule is CC(C)NC(=O)C[C@H]1Sc2ccccc2NC1=O. The molecule has 2 rings (SSSR count). The van der Waals surface area contributed by atoms with Crippen LogP contribution in [0.2, 0.25) is 0 Å². The number of benzene rings is 1. The van der Waals surface area contributed by atoms with Crippen LogP contribution in [0.25, 0.3) is 0 Å². The normalized spacial score (nSPS) is 18.2. The molecule has 2 amide bonds. The van der Waals surface area contributed by atoms with E-state index in [-0.39, 0.29) is 29.5 Å². The fourth-order valence-corrected chi connectivity index (χ4v) is 2.89. The molecule has 0 fully saturated rings. The van der Waals surface area contributed by atoms with Crippen LogP contribution in [-0.2, 0) is 9.59 Å². The number of carbonyl (C=O) groups is 2. The number of fused-ring (bicyclic) bond motifs is 1. The molecule has 0 saturated carbocycles. The van der Waals surface area contributed by atoms with Crippen LogP contribution in [0.1, 0.15) is 20.3 Å². The van der Waals surface area contributed by atoms with E-state index >= 15 is 0 Å². The molecule has 1 heterocycles. The Hall–Kier alpha value is -1.49. The average molecular weight is 264 g/mol. The highest BCUT2D eigenvalue weighted by atomic mass is 32.2. The Bertz CT molecular complexity index is 474. The van der Waals surface area contributed by atoms with Crippen LogP contribution in [0.3, 0.4) is 0 Å². The maximum atomic E-state index is 11.9. The Balaban J connectivity index is 2.04. The molecule has 1 atom stereocenters. The molecular formula is C13H16N2O2S. The summed E-state index contributed by atoms with van der Waals surface area (Å²) in [5.74, 6) is -0.186. The van der Waals surface area contributed by atoms with Gasteiger partial charge in [-0.15, -0.1) is 11.8 Å². The fraction of sp³-hybridized carbons (Fsp3) is 0.385. The molecule has 0 radical (unpaired) electrons. The number of carbonyl (C=O) groups excluding carboxylic acids is 2. The van der Waals surface area contributed by atoms with E-state index in [1.807, 2.05) is 38.1 Å². The van der Waals surface area contributed by atoms with Crippen molar-refractivity contribution in [2.45, 2.75) is 36.5 Å². The molecule has 2 N–H and O–H groups in total. The monoisotopic (exact) mass is 264 g/mol.